The van der Waals surface area contributed by atoms with Crippen LogP contribution in [0.4, 0.5) is 4.39 Å². The molecule has 2 heteroatoms. The van der Waals surface area contributed by atoms with Gasteiger partial charge in [0.15, 0.2) is 0 Å². The number of halogens is 1. The predicted molar refractivity (Wildman–Crippen MR) is 76.2 cm³/mol. The second-order valence-electron chi connectivity index (χ2n) is 5.09. The summed E-state index contributed by atoms with van der Waals surface area (Å²) in [6.45, 7) is 9.43. The fourth-order valence-electron chi connectivity index (χ4n) is 2.50. The van der Waals surface area contributed by atoms with E-state index in [2.05, 4.69) is 32.2 Å². The summed E-state index contributed by atoms with van der Waals surface area (Å²) in [7, 11) is 0. The van der Waals surface area contributed by atoms with Crippen LogP contribution in [0.5, 0.6) is 0 Å². The largest absolute Gasteiger partial charge is 0.310 e. The zero-order valence-electron chi connectivity index (χ0n) is 12.1. The summed E-state index contributed by atoms with van der Waals surface area (Å²) in [5.74, 6) is 0.579. The number of aryl methyl sites for hydroxylation is 1. The van der Waals surface area contributed by atoms with Crippen molar-refractivity contribution in [2.45, 2.75) is 53.0 Å². The lowest BCUT2D eigenvalue weighted by Crippen LogP contribution is -2.23. The standard InChI is InChI=1S/C16H26FN/c1-5-13(6-2)10-16(18-7-3)14-8-12(4)9-15(17)11-14/h8-9,11,13,16,18H,5-7,10H2,1-4H3. The van der Waals surface area contributed by atoms with Gasteiger partial charge in [-0.1, -0.05) is 39.7 Å². The van der Waals surface area contributed by atoms with E-state index in [4.69, 9.17) is 0 Å². The quantitative estimate of drug-likeness (QED) is 0.746. The maximum atomic E-state index is 13.5. The van der Waals surface area contributed by atoms with Crippen LogP contribution in [0.1, 0.15) is 57.2 Å². The average Bonchev–Trinajstić information content (AvgIpc) is 2.33. The molecule has 0 aliphatic rings. The molecule has 0 radical (unpaired) electrons. The zero-order valence-corrected chi connectivity index (χ0v) is 12.1. The average molecular weight is 251 g/mol. The Hall–Kier alpha value is -0.890. The molecule has 102 valence electrons. The number of hydrogen-bond acceptors (Lipinski definition) is 1. The minimum atomic E-state index is -0.127. The van der Waals surface area contributed by atoms with Crippen LogP contribution in [0.15, 0.2) is 18.2 Å². The van der Waals surface area contributed by atoms with Gasteiger partial charge in [0.25, 0.3) is 0 Å². The summed E-state index contributed by atoms with van der Waals surface area (Å²) < 4.78 is 13.5. The van der Waals surface area contributed by atoms with Gasteiger partial charge >= 0.3 is 0 Å². The normalized spacial score (nSPS) is 13.0. The van der Waals surface area contributed by atoms with Crippen molar-refractivity contribution in [1.82, 2.24) is 5.32 Å². The van der Waals surface area contributed by atoms with Crippen LogP contribution < -0.4 is 5.32 Å². The Morgan fingerprint density at radius 1 is 1.11 bits per heavy atom. The molecular weight excluding hydrogens is 225 g/mol. The third kappa shape index (κ3) is 4.41. The zero-order chi connectivity index (χ0) is 13.5. The first-order chi connectivity index (χ1) is 8.60. The van der Waals surface area contributed by atoms with Gasteiger partial charge in [0, 0.05) is 6.04 Å². The van der Waals surface area contributed by atoms with Gasteiger partial charge in [0.1, 0.15) is 5.82 Å². The number of benzene rings is 1. The highest BCUT2D eigenvalue weighted by atomic mass is 19.1. The molecule has 1 N–H and O–H groups in total. The topological polar surface area (TPSA) is 12.0 Å². The van der Waals surface area contributed by atoms with Crippen LogP contribution in [0.3, 0.4) is 0 Å². The van der Waals surface area contributed by atoms with E-state index in [1.54, 1.807) is 12.1 Å². The molecule has 0 amide bonds. The Kier molecular flexibility index (Phi) is 6.34. The molecule has 1 nitrogen and oxygen atoms in total. The van der Waals surface area contributed by atoms with Gasteiger partial charge in [-0.25, -0.2) is 4.39 Å². The Morgan fingerprint density at radius 3 is 2.28 bits per heavy atom. The predicted octanol–water partition coefficient (Wildman–Crippen LogP) is 4.61. The highest BCUT2D eigenvalue weighted by molar-refractivity contribution is 5.26. The smallest absolute Gasteiger partial charge is 0.123 e. The third-order valence-electron chi connectivity index (χ3n) is 3.64. The third-order valence-corrected chi connectivity index (χ3v) is 3.64. The van der Waals surface area contributed by atoms with Gasteiger partial charge in [0.2, 0.25) is 0 Å². The number of nitrogens with one attached hydrogen (secondary N) is 1. The molecule has 0 bridgehead atoms. The van der Waals surface area contributed by atoms with Crippen molar-refractivity contribution in [3.63, 3.8) is 0 Å². The van der Waals surface area contributed by atoms with Crippen molar-refractivity contribution in [2.75, 3.05) is 6.54 Å². The first-order valence-electron chi connectivity index (χ1n) is 7.11. The molecular formula is C16H26FN. The highest BCUT2D eigenvalue weighted by Crippen LogP contribution is 2.26. The van der Waals surface area contributed by atoms with E-state index in [0.29, 0.717) is 5.92 Å². The number of hydrogen-bond donors (Lipinski definition) is 1. The van der Waals surface area contributed by atoms with Gasteiger partial charge < -0.3 is 5.32 Å². The van der Waals surface area contributed by atoms with Crippen molar-refractivity contribution >= 4 is 0 Å². The molecule has 0 heterocycles. The van der Waals surface area contributed by atoms with Crippen molar-refractivity contribution in [3.05, 3.63) is 35.1 Å². The van der Waals surface area contributed by atoms with Crippen LogP contribution in [0, 0.1) is 18.7 Å². The van der Waals surface area contributed by atoms with E-state index in [-0.39, 0.29) is 11.9 Å². The van der Waals surface area contributed by atoms with Crippen molar-refractivity contribution in [2.24, 2.45) is 5.92 Å². The molecule has 0 saturated heterocycles. The van der Waals surface area contributed by atoms with Crippen LogP contribution in [-0.4, -0.2) is 6.54 Å². The Balaban J connectivity index is 2.88. The van der Waals surface area contributed by atoms with E-state index in [9.17, 15) is 4.39 Å². The van der Waals surface area contributed by atoms with Crippen LogP contribution in [-0.2, 0) is 0 Å². The van der Waals surface area contributed by atoms with E-state index >= 15 is 0 Å². The summed E-state index contributed by atoms with van der Waals surface area (Å²) in [4.78, 5) is 0. The molecule has 1 rings (SSSR count). The molecule has 0 spiro atoms. The monoisotopic (exact) mass is 251 g/mol. The second kappa shape index (κ2) is 7.52. The maximum absolute atomic E-state index is 13.5. The van der Waals surface area contributed by atoms with E-state index in [0.717, 1.165) is 24.1 Å². The summed E-state index contributed by atoms with van der Waals surface area (Å²) in [6.07, 6.45) is 3.46. The van der Waals surface area contributed by atoms with Crippen molar-refractivity contribution in [3.8, 4) is 0 Å². The highest BCUT2D eigenvalue weighted by Gasteiger charge is 2.16. The lowest BCUT2D eigenvalue weighted by atomic mass is 9.90. The first-order valence-corrected chi connectivity index (χ1v) is 7.11. The first kappa shape index (κ1) is 15.2. The van der Waals surface area contributed by atoms with Crippen molar-refractivity contribution < 1.29 is 4.39 Å². The molecule has 1 unspecified atom stereocenters. The van der Waals surface area contributed by atoms with Gasteiger partial charge in [-0.2, -0.15) is 0 Å². The van der Waals surface area contributed by atoms with Crippen molar-refractivity contribution in [1.29, 1.82) is 0 Å². The Labute approximate surface area is 111 Å². The van der Waals surface area contributed by atoms with Gasteiger partial charge in [0.05, 0.1) is 0 Å². The maximum Gasteiger partial charge on any atom is 0.123 e. The van der Waals surface area contributed by atoms with Gasteiger partial charge in [-0.15, -0.1) is 0 Å². The molecule has 0 aliphatic carbocycles. The Morgan fingerprint density at radius 2 is 1.78 bits per heavy atom. The molecule has 1 atom stereocenters. The van der Waals surface area contributed by atoms with E-state index < -0.39 is 0 Å². The van der Waals surface area contributed by atoms with Crippen LogP contribution in [0.2, 0.25) is 0 Å². The number of rotatable bonds is 7. The Bertz CT molecular complexity index is 338. The molecule has 0 saturated carbocycles. The minimum Gasteiger partial charge on any atom is -0.310 e. The molecule has 0 fully saturated rings. The SMILES string of the molecule is CCNC(CC(CC)CC)c1cc(C)cc(F)c1. The lowest BCUT2D eigenvalue weighted by molar-refractivity contribution is 0.374. The van der Waals surface area contributed by atoms with E-state index in [1.807, 2.05) is 6.92 Å². The van der Waals surface area contributed by atoms with Gasteiger partial charge in [-0.05, 0) is 49.1 Å². The lowest BCUT2D eigenvalue weighted by Gasteiger charge is -2.23. The molecule has 0 aliphatic heterocycles. The molecule has 18 heavy (non-hydrogen) atoms. The molecule has 1 aromatic rings. The van der Waals surface area contributed by atoms with Crippen LogP contribution >= 0.6 is 0 Å². The molecule has 1 aromatic carbocycles. The van der Waals surface area contributed by atoms with Gasteiger partial charge in [-0.3, -0.25) is 0 Å². The second-order valence-corrected chi connectivity index (χ2v) is 5.09. The molecule has 0 aromatic heterocycles. The summed E-state index contributed by atoms with van der Waals surface area (Å²) >= 11 is 0. The fraction of sp³-hybridized carbons (Fsp3) is 0.625. The van der Waals surface area contributed by atoms with Crippen LogP contribution in [0.25, 0.3) is 0 Å². The van der Waals surface area contributed by atoms with E-state index in [1.165, 1.54) is 12.8 Å². The fourth-order valence-corrected chi connectivity index (χ4v) is 2.50. The minimum absolute atomic E-state index is 0.127. The summed E-state index contributed by atoms with van der Waals surface area (Å²) in [6, 6.07) is 5.62. The summed E-state index contributed by atoms with van der Waals surface area (Å²) in [5, 5.41) is 3.49. The summed E-state index contributed by atoms with van der Waals surface area (Å²) in [5.41, 5.74) is 2.08.